The Morgan fingerprint density at radius 1 is 0.520 bits per heavy atom. The van der Waals surface area contributed by atoms with E-state index in [1.54, 1.807) is 0 Å². The first-order valence-electron chi connectivity index (χ1n) is 11.2. The number of unbranched alkanes of at least 4 members (excludes halogenated alkanes) is 10. The van der Waals surface area contributed by atoms with Crippen LogP contribution in [0.5, 0.6) is 0 Å². The maximum absolute atomic E-state index is 3.91. The van der Waals surface area contributed by atoms with Crippen molar-refractivity contribution in [3.63, 3.8) is 0 Å². The minimum atomic E-state index is 0. The van der Waals surface area contributed by atoms with Crippen molar-refractivity contribution in [1.82, 2.24) is 0 Å². The topological polar surface area (TPSA) is 0 Å². The minimum absolute atomic E-state index is 0. The maximum atomic E-state index is 3.91. The molecule has 0 bridgehead atoms. The van der Waals surface area contributed by atoms with E-state index >= 15 is 0 Å². The van der Waals surface area contributed by atoms with Crippen LogP contribution in [0.4, 0.5) is 0 Å². The molecule has 0 saturated heterocycles. The fraction of sp³-hybridized carbons (Fsp3) is 0.917. The van der Waals surface area contributed by atoms with Crippen molar-refractivity contribution < 1.29 is 19.5 Å². The summed E-state index contributed by atoms with van der Waals surface area (Å²) in [5.41, 5.74) is 0. The number of hydrogen-bond acceptors (Lipinski definition) is 0. The van der Waals surface area contributed by atoms with E-state index in [-0.39, 0.29) is 19.5 Å². The van der Waals surface area contributed by atoms with Crippen LogP contribution in [0, 0.1) is 25.7 Å². The van der Waals surface area contributed by atoms with Gasteiger partial charge >= 0.3 is 19.5 Å². The van der Waals surface area contributed by atoms with Gasteiger partial charge < -0.3 is 13.8 Å². The molecule has 25 heavy (non-hydrogen) atoms. The summed E-state index contributed by atoms with van der Waals surface area (Å²) in [6, 6.07) is 0. The first-order valence-corrected chi connectivity index (χ1v) is 11.2. The van der Waals surface area contributed by atoms with Gasteiger partial charge in [-0.15, -0.1) is 0 Å². The zero-order valence-electron chi connectivity index (χ0n) is 18.6. The molecule has 0 spiro atoms. The zero-order valence-corrected chi connectivity index (χ0v) is 21.6. The quantitative estimate of drug-likeness (QED) is 0.137. The summed E-state index contributed by atoms with van der Waals surface area (Å²) in [4.78, 5) is 0. The zero-order chi connectivity index (χ0) is 18.5. The molecule has 0 saturated carbocycles. The van der Waals surface area contributed by atoms with Crippen molar-refractivity contribution >= 4 is 0 Å². The Labute approximate surface area is 175 Å². The Balaban J connectivity index is -0.000000372. The van der Waals surface area contributed by atoms with Crippen LogP contribution in [0.1, 0.15) is 130 Å². The van der Waals surface area contributed by atoms with Gasteiger partial charge in [0.05, 0.1) is 0 Å². The van der Waals surface area contributed by atoms with Gasteiger partial charge in [0.2, 0.25) is 0 Å². The molecule has 2 unspecified atom stereocenters. The van der Waals surface area contributed by atoms with E-state index in [4.69, 9.17) is 0 Å². The van der Waals surface area contributed by atoms with E-state index in [9.17, 15) is 0 Å². The van der Waals surface area contributed by atoms with Crippen LogP contribution in [0.25, 0.3) is 0 Å². The second-order valence-electron chi connectivity index (χ2n) is 7.90. The second kappa shape index (κ2) is 26.8. The van der Waals surface area contributed by atoms with Gasteiger partial charge in [-0.1, -0.05) is 129 Å². The Morgan fingerprint density at radius 2 is 0.800 bits per heavy atom. The van der Waals surface area contributed by atoms with E-state index in [0.717, 1.165) is 24.7 Å². The van der Waals surface area contributed by atoms with E-state index in [1.165, 1.54) is 89.9 Å². The molecule has 0 aliphatic heterocycles. The fourth-order valence-electron chi connectivity index (χ4n) is 2.83. The molecule has 1 heteroatoms. The third kappa shape index (κ3) is 29.6. The van der Waals surface area contributed by atoms with Crippen molar-refractivity contribution in [3.05, 3.63) is 13.8 Å². The predicted molar refractivity (Wildman–Crippen MR) is 114 cm³/mol. The molecule has 0 amide bonds. The summed E-state index contributed by atoms with van der Waals surface area (Å²) in [5.74, 6) is 1.69. The standard InChI is InChI=1S/2C12H25.Zn/c2*1-4-6-7-8-9-10-11-12(3)5-2;/h2*12H,2,4-11H2,1,3H3;/q2*-1;+2. The third-order valence-corrected chi connectivity index (χ3v) is 5.09. The molecule has 0 heterocycles. The molecule has 0 N–H and O–H groups in total. The Bertz CT molecular complexity index is 180. The van der Waals surface area contributed by atoms with Gasteiger partial charge in [0, 0.05) is 0 Å². The second-order valence-corrected chi connectivity index (χ2v) is 7.90. The van der Waals surface area contributed by atoms with E-state index in [2.05, 4.69) is 41.5 Å². The van der Waals surface area contributed by atoms with Crippen LogP contribution in [-0.2, 0) is 19.5 Å². The van der Waals surface area contributed by atoms with Gasteiger partial charge in [-0.3, -0.25) is 0 Å². The molecule has 0 aliphatic rings. The van der Waals surface area contributed by atoms with Crippen LogP contribution in [0.2, 0.25) is 0 Å². The van der Waals surface area contributed by atoms with Crippen LogP contribution in [-0.4, -0.2) is 0 Å². The average molecular weight is 404 g/mol. The largest absolute Gasteiger partial charge is 2.00 e. The molecule has 0 nitrogen and oxygen atoms in total. The number of hydrogen-bond donors (Lipinski definition) is 0. The van der Waals surface area contributed by atoms with Crippen molar-refractivity contribution in [2.24, 2.45) is 11.8 Å². The molecule has 0 aromatic carbocycles. The summed E-state index contributed by atoms with van der Waals surface area (Å²) in [5, 5.41) is 0. The van der Waals surface area contributed by atoms with Crippen LogP contribution in [0.15, 0.2) is 0 Å². The molecule has 2 atom stereocenters. The van der Waals surface area contributed by atoms with Crippen molar-refractivity contribution in [1.29, 1.82) is 0 Å². The van der Waals surface area contributed by atoms with Gasteiger partial charge in [-0.25, -0.2) is 0 Å². The molecule has 0 radical (unpaired) electrons. The first kappa shape index (κ1) is 30.4. The van der Waals surface area contributed by atoms with Gasteiger partial charge in [0.25, 0.3) is 0 Å². The Hall–Kier alpha value is 0.623. The van der Waals surface area contributed by atoms with E-state index < -0.39 is 0 Å². The van der Waals surface area contributed by atoms with Crippen LogP contribution >= 0.6 is 0 Å². The molecule has 0 fully saturated rings. The average Bonchev–Trinajstić information content (AvgIpc) is 2.61. The van der Waals surface area contributed by atoms with Gasteiger partial charge in [0.15, 0.2) is 0 Å². The summed E-state index contributed by atoms with van der Waals surface area (Å²) < 4.78 is 0. The SMILES string of the molecule is [CH2-]CC(C)CCCCCCCC.[CH2-]CC(C)CCCCCCCC.[Zn+2]. The molecule has 0 aromatic rings. The summed E-state index contributed by atoms with van der Waals surface area (Å²) in [7, 11) is 0. The number of rotatable bonds is 16. The van der Waals surface area contributed by atoms with Crippen LogP contribution < -0.4 is 0 Å². The third-order valence-electron chi connectivity index (χ3n) is 5.09. The molecular weight excluding hydrogens is 354 g/mol. The normalized spacial score (nSPS) is 12.7. The summed E-state index contributed by atoms with van der Waals surface area (Å²) >= 11 is 0. The fourth-order valence-corrected chi connectivity index (χ4v) is 2.83. The molecule has 148 valence electrons. The van der Waals surface area contributed by atoms with E-state index in [1.807, 2.05) is 0 Å². The first-order chi connectivity index (χ1) is 11.6. The van der Waals surface area contributed by atoms with Gasteiger partial charge in [-0.2, -0.15) is 12.8 Å². The Morgan fingerprint density at radius 3 is 1.08 bits per heavy atom. The summed E-state index contributed by atoms with van der Waals surface area (Å²) in [6.45, 7) is 17.0. The maximum Gasteiger partial charge on any atom is 2.00 e. The van der Waals surface area contributed by atoms with E-state index in [0.29, 0.717) is 0 Å². The molecule has 0 aliphatic carbocycles. The predicted octanol–water partition coefficient (Wildman–Crippen LogP) is 9.19. The smallest absolute Gasteiger partial charge is 0.343 e. The monoisotopic (exact) mass is 402 g/mol. The Kier molecular flexibility index (Phi) is 32.6. The van der Waals surface area contributed by atoms with Gasteiger partial charge in [0.1, 0.15) is 0 Å². The molecule has 0 rings (SSSR count). The van der Waals surface area contributed by atoms with Crippen LogP contribution in [0.3, 0.4) is 0 Å². The minimum Gasteiger partial charge on any atom is -0.343 e. The van der Waals surface area contributed by atoms with Crippen molar-refractivity contribution in [2.75, 3.05) is 0 Å². The molecular formula is C24H50Zn. The van der Waals surface area contributed by atoms with Crippen molar-refractivity contribution in [3.8, 4) is 0 Å². The van der Waals surface area contributed by atoms with Gasteiger partial charge in [-0.05, 0) is 0 Å². The van der Waals surface area contributed by atoms with Crippen molar-refractivity contribution in [2.45, 2.75) is 130 Å². The summed E-state index contributed by atoms with van der Waals surface area (Å²) in [6.07, 6.45) is 22.0. The molecule has 0 aromatic heterocycles.